The number of pyridine rings is 1. The van der Waals surface area contributed by atoms with E-state index in [1.54, 1.807) is 37.6 Å². The van der Waals surface area contributed by atoms with Crippen molar-refractivity contribution in [2.75, 3.05) is 38.2 Å². The summed E-state index contributed by atoms with van der Waals surface area (Å²) >= 11 is 0. The Balaban J connectivity index is 1.68. The van der Waals surface area contributed by atoms with E-state index >= 15 is 0 Å². The van der Waals surface area contributed by atoms with Crippen molar-refractivity contribution in [2.24, 2.45) is 0 Å². The highest BCUT2D eigenvalue weighted by Crippen LogP contribution is 2.20. The average Bonchev–Trinajstić information content (AvgIpc) is 2.67. The van der Waals surface area contributed by atoms with E-state index in [4.69, 9.17) is 4.74 Å². The topological polar surface area (TPSA) is 69.5 Å². The fourth-order valence-electron chi connectivity index (χ4n) is 2.80. The summed E-state index contributed by atoms with van der Waals surface area (Å²) in [6.45, 7) is 2.50. The number of ether oxygens (including phenoxy) is 1. The van der Waals surface area contributed by atoms with Crippen molar-refractivity contribution < 1.29 is 9.53 Å². The molecule has 122 valence electrons. The van der Waals surface area contributed by atoms with Crippen LogP contribution in [-0.4, -0.2) is 49.1 Å². The van der Waals surface area contributed by atoms with Crippen molar-refractivity contribution in [1.29, 1.82) is 5.26 Å². The van der Waals surface area contributed by atoms with Crippen molar-refractivity contribution >= 4 is 11.7 Å². The molecule has 0 N–H and O–H groups in total. The summed E-state index contributed by atoms with van der Waals surface area (Å²) in [5, 5.41) is 9.19. The number of hydrogen-bond acceptors (Lipinski definition) is 5. The molecule has 24 heavy (non-hydrogen) atoms. The van der Waals surface area contributed by atoms with Gasteiger partial charge in [0.15, 0.2) is 0 Å². The smallest absolute Gasteiger partial charge is 0.254 e. The zero-order valence-corrected chi connectivity index (χ0v) is 13.5. The lowest BCUT2D eigenvalue weighted by Gasteiger charge is -2.35. The minimum absolute atomic E-state index is 0.00456. The Morgan fingerprint density at radius 3 is 2.71 bits per heavy atom. The van der Waals surface area contributed by atoms with Gasteiger partial charge in [-0.2, -0.15) is 5.26 Å². The van der Waals surface area contributed by atoms with E-state index in [9.17, 15) is 10.1 Å². The summed E-state index contributed by atoms with van der Waals surface area (Å²) in [5.41, 5.74) is 1.18. The van der Waals surface area contributed by atoms with Crippen LogP contribution in [0.5, 0.6) is 5.75 Å². The van der Waals surface area contributed by atoms with Gasteiger partial charge in [0.1, 0.15) is 17.6 Å². The molecule has 1 saturated heterocycles. The minimum Gasteiger partial charge on any atom is -0.497 e. The lowest BCUT2D eigenvalue weighted by molar-refractivity contribution is 0.0746. The number of anilines is 1. The van der Waals surface area contributed by atoms with Gasteiger partial charge in [0, 0.05) is 37.9 Å². The van der Waals surface area contributed by atoms with Crippen molar-refractivity contribution in [1.82, 2.24) is 9.88 Å². The molecule has 6 nitrogen and oxygen atoms in total. The Hall–Kier alpha value is -3.07. The maximum Gasteiger partial charge on any atom is 0.254 e. The van der Waals surface area contributed by atoms with Gasteiger partial charge < -0.3 is 14.5 Å². The van der Waals surface area contributed by atoms with Gasteiger partial charge in [0.2, 0.25) is 0 Å². The minimum atomic E-state index is -0.00456. The van der Waals surface area contributed by atoms with Crippen LogP contribution in [-0.2, 0) is 0 Å². The second-order valence-corrected chi connectivity index (χ2v) is 5.50. The molecule has 0 aliphatic carbocycles. The van der Waals surface area contributed by atoms with E-state index in [-0.39, 0.29) is 5.91 Å². The molecule has 1 aromatic heterocycles. The van der Waals surface area contributed by atoms with Crippen molar-refractivity contribution in [3.8, 4) is 11.8 Å². The molecule has 1 aromatic carbocycles. The van der Waals surface area contributed by atoms with Crippen LogP contribution in [0.25, 0.3) is 0 Å². The summed E-state index contributed by atoms with van der Waals surface area (Å²) in [6.07, 6.45) is 1.68. The summed E-state index contributed by atoms with van der Waals surface area (Å²) in [4.78, 5) is 20.8. The molecule has 3 rings (SSSR count). The third-order valence-electron chi connectivity index (χ3n) is 4.09. The molecule has 0 saturated carbocycles. The average molecular weight is 322 g/mol. The number of hydrogen-bond donors (Lipinski definition) is 0. The van der Waals surface area contributed by atoms with Crippen LogP contribution < -0.4 is 9.64 Å². The Kier molecular flexibility index (Phi) is 4.62. The van der Waals surface area contributed by atoms with Gasteiger partial charge >= 0.3 is 0 Å². The van der Waals surface area contributed by atoms with Crippen LogP contribution in [0.3, 0.4) is 0 Å². The number of nitriles is 1. The van der Waals surface area contributed by atoms with E-state index in [0.29, 0.717) is 48.9 Å². The Bertz CT molecular complexity index is 777. The van der Waals surface area contributed by atoms with Crippen molar-refractivity contribution in [2.45, 2.75) is 0 Å². The van der Waals surface area contributed by atoms with Gasteiger partial charge in [-0.3, -0.25) is 4.79 Å². The summed E-state index contributed by atoms with van der Waals surface area (Å²) in [7, 11) is 1.59. The number of methoxy groups -OCH3 is 1. The molecule has 1 fully saturated rings. The predicted molar refractivity (Wildman–Crippen MR) is 90.1 cm³/mol. The molecular formula is C18H18N4O2. The largest absolute Gasteiger partial charge is 0.497 e. The van der Waals surface area contributed by atoms with Gasteiger partial charge in [0.25, 0.3) is 5.91 Å². The Morgan fingerprint density at radius 1 is 1.21 bits per heavy atom. The fraction of sp³-hybridized carbons (Fsp3) is 0.278. The van der Waals surface area contributed by atoms with E-state index < -0.39 is 0 Å². The molecule has 2 heterocycles. The number of aromatic nitrogens is 1. The van der Waals surface area contributed by atoms with Gasteiger partial charge in [-0.05, 0) is 30.3 Å². The molecule has 1 aliphatic heterocycles. The van der Waals surface area contributed by atoms with Crippen LogP contribution in [0.2, 0.25) is 0 Å². The molecule has 0 radical (unpaired) electrons. The molecule has 0 bridgehead atoms. The molecule has 0 unspecified atom stereocenters. The standard InChI is InChI=1S/C18H18N4O2/c1-24-16-6-2-4-14(12-16)18(23)22-10-8-21(9-11-22)17-15(13-19)5-3-7-20-17/h2-7,12H,8-11H2,1H3. The van der Waals surface area contributed by atoms with Crippen LogP contribution in [0.15, 0.2) is 42.6 Å². The van der Waals surface area contributed by atoms with Gasteiger partial charge in [-0.1, -0.05) is 6.07 Å². The number of benzene rings is 1. The first kappa shape index (κ1) is 15.8. The zero-order valence-electron chi connectivity index (χ0n) is 13.5. The Labute approximate surface area is 140 Å². The van der Waals surface area contributed by atoms with Crippen LogP contribution in [0.4, 0.5) is 5.82 Å². The van der Waals surface area contributed by atoms with Crippen LogP contribution in [0, 0.1) is 11.3 Å². The Morgan fingerprint density at radius 2 is 2.00 bits per heavy atom. The first-order chi connectivity index (χ1) is 11.7. The third kappa shape index (κ3) is 3.15. The summed E-state index contributed by atoms with van der Waals surface area (Å²) in [6, 6.07) is 12.9. The number of carbonyl (C=O) groups excluding carboxylic acids is 1. The highest BCUT2D eigenvalue weighted by atomic mass is 16.5. The molecule has 1 aliphatic rings. The number of nitrogens with zero attached hydrogens (tertiary/aromatic N) is 4. The highest BCUT2D eigenvalue weighted by molar-refractivity contribution is 5.94. The number of rotatable bonds is 3. The van der Waals surface area contributed by atoms with Gasteiger partial charge in [-0.15, -0.1) is 0 Å². The lowest BCUT2D eigenvalue weighted by Crippen LogP contribution is -2.49. The van der Waals surface area contributed by atoms with Gasteiger partial charge in [-0.25, -0.2) is 4.98 Å². The second-order valence-electron chi connectivity index (χ2n) is 5.50. The van der Waals surface area contributed by atoms with Gasteiger partial charge in [0.05, 0.1) is 12.7 Å². The first-order valence-corrected chi connectivity index (χ1v) is 7.76. The van der Waals surface area contributed by atoms with Crippen molar-refractivity contribution in [3.05, 3.63) is 53.7 Å². The van der Waals surface area contributed by atoms with E-state index in [1.807, 2.05) is 21.9 Å². The zero-order chi connectivity index (χ0) is 16.9. The van der Waals surface area contributed by atoms with Crippen molar-refractivity contribution in [3.63, 3.8) is 0 Å². The SMILES string of the molecule is COc1cccc(C(=O)N2CCN(c3ncccc3C#N)CC2)c1. The number of piperazine rings is 1. The highest BCUT2D eigenvalue weighted by Gasteiger charge is 2.24. The summed E-state index contributed by atoms with van der Waals surface area (Å²) in [5.74, 6) is 1.36. The quantitative estimate of drug-likeness (QED) is 0.863. The van der Waals surface area contributed by atoms with E-state index in [2.05, 4.69) is 11.1 Å². The number of amides is 1. The summed E-state index contributed by atoms with van der Waals surface area (Å²) < 4.78 is 5.17. The molecule has 6 heteroatoms. The molecule has 2 aromatic rings. The third-order valence-corrected chi connectivity index (χ3v) is 4.09. The number of carbonyl (C=O) groups is 1. The molecule has 0 spiro atoms. The van der Waals surface area contributed by atoms with E-state index in [1.165, 1.54) is 0 Å². The predicted octanol–water partition coefficient (Wildman–Crippen LogP) is 1.92. The normalized spacial score (nSPS) is 14.2. The monoisotopic (exact) mass is 322 g/mol. The maximum absolute atomic E-state index is 12.6. The first-order valence-electron chi connectivity index (χ1n) is 7.76. The second kappa shape index (κ2) is 7.01. The molecular weight excluding hydrogens is 304 g/mol. The molecule has 1 amide bonds. The molecule has 0 atom stereocenters. The lowest BCUT2D eigenvalue weighted by atomic mass is 10.1. The maximum atomic E-state index is 12.6. The van der Waals surface area contributed by atoms with Crippen LogP contribution >= 0.6 is 0 Å². The van der Waals surface area contributed by atoms with Crippen LogP contribution in [0.1, 0.15) is 15.9 Å². The van der Waals surface area contributed by atoms with E-state index in [0.717, 1.165) is 0 Å². The fourth-order valence-corrected chi connectivity index (χ4v) is 2.80.